The van der Waals surface area contributed by atoms with Gasteiger partial charge in [0.2, 0.25) is 0 Å². The molecule has 1 amide bonds. The van der Waals surface area contributed by atoms with E-state index in [1.807, 2.05) is 19.1 Å². The number of hydrogen-bond acceptors (Lipinski definition) is 6. The Labute approximate surface area is 176 Å². The Balaban J connectivity index is 1.66. The summed E-state index contributed by atoms with van der Waals surface area (Å²) in [5.41, 5.74) is 8.59. The van der Waals surface area contributed by atoms with Crippen molar-refractivity contribution >= 4 is 30.1 Å². The molecule has 2 aliphatic rings. The normalized spacial score (nSPS) is 21.1. The van der Waals surface area contributed by atoms with Crippen molar-refractivity contribution in [1.29, 1.82) is 0 Å². The van der Waals surface area contributed by atoms with E-state index in [1.54, 1.807) is 22.9 Å². The summed E-state index contributed by atoms with van der Waals surface area (Å²) in [5, 5.41) is 17.8. The largest absolute Gasteiger partial charge is 0.552 e. The van der Waals surface area contributed by atoms with Crippen LogP contribution in [-0.2, 0) is 4.74 Å². The van der Waals surface area contributed by atoms with Crippen LogP contribution in [0.15, 0.2) is 30.4 Å². The number of rotatable bonds is 5. The van der Waals surface area contributed by atoms with Crippen molar-refractivity contribution in [1.82, 2.24) is 9.78 Å². The van der Waals surface area contributed by atoms with Crippen LogP contribution in [-0.4, -0.2) is 40.5 Å². The molecule has 8 nitrogen and oxygen atoms in total. The fraction of sp³-hybridized carbons (Fsp3) is 0.429. The third-order valence-electron chi connectivity index (χ3n) is 5.65. The summed E-state index contributed by atoms with van der Waals surface area (Å²) in [6.45, 7) is 6.88. The molecular weight excluding hydrogens is 383 g/mol. The molecule has 2 aliphatic heterocycles. The van der Waals surface area contributed by atoms with Crippen molar-refractivity contribution in [3.8, 4) is 5.75 Å². The van der Waals surface area contributed by atoms with Crippen LogP contribution in [0.1, 0.15) is 55.6 Å². The van der Waals surface area contributed by atoms with Gasteiger partial charge < -0.3 is 25.5 Å². The molecule has 3 heterocycles. The molecule has 158 valence electrons. The van der Waals surface area contributed by atoms with E-state index in [0.29, 0.717) is 17.1 Å². The van der Waals surface area contributed by atoms with Crippen molar-refractivity contribution in [2.24, 2.45) is 11.7 Å². The van der Waals surface area contributed by atoms with Gasteiger partial charge in [0.15, 0.2) is 5.82 Å². The van der Waals surface area contributed by atoms with E-state index in [-0.39, 0.29) is 18.1 Å². The maximum Gasteiger partial charge on any atom is 0.552 e. The van der Waals surface area contributed by atoms with Crippen LogP contribution in [0.4, 0.5) is 11.5 Å². The maximum absolute atomic E-state index is 12.0. The molecule has 0 radical (unpaired) electrons. The summed E-state index contributed by atoms with van der Waals surface area (Å²) in [7, 11) is -0.953. The molecule has 1 saturated heterocycles. The molecule has 1 fully saturated rings. The van der Waals surface area contributed by atoms with Gasteiger partial charge in [-0.25, -0.2) is 0 Å². The van der Waals surface area contributed by atoms with E-state index < -0.39 is 13.0 Å². The number of fused-ring (bicyclic) bond motifs is 1. The van der Waals surface area contributed by atoms with Gasteiger partial charge in [-0.05, 0) is 55.4 Å². The van der Waals surface area contributed by atoms with Gasteiger partial charge in [-0.3, -0.25) is 9.48 Å². The predicted molar refractivity (Wildman–Crippen MR) is 116 cm³/mol. The molecule has 2 aromatic rings. The standard InChI is InChI=1S/C21H27BN4O4/c1-12(2)16-10-22(28)30-19-7-6-14(9-15(16)19)24-21-17(20(23)27)11-26(25-21)18-5-4-8-29-13(18)3/h6-7,9-13,18,28H,4-5,8H2,1-3H3,(H2,23,27)(H,24,25)/t13-,18?/m1/s1. The van der Waals surface area contributed by atoms with E-state index in [0.717, 1.165) is 36.3 Å². The fourth-order valence-corrected chi connectivity index (χ4v) is 4.07. The van der Waals surface area contributed by atoms with Crippen molar-refractivity contribution in [3.63, 3.8) is 0 Å². The van der Waals surface area contributed by atoms with E-state index in [2.05, 4.69) is 24.3 Å². The zero-order chi connectivity index (χ0) is 21.4. The SMILES string of the molecule is CC(C)C1=CB(O)Oc2ccc(Nc3nn(C4CCCO[C@@H]4C)cc3C(N)=O)cc21. The van der Waals surface area contributed by atoms with Gasteiger partial charge >= 0.3 is 7.12 Å². The highest BCUT2D eigenvalue weighted by atomic mass is 16.5. The predicted octanol–water partition coefficient (Wildman–Crippen LogP) is 2.92. The molecule has 30 heavy (non-hydrogen) atoms. The number of ether oxygens (including phenoxy) is 1. The number of anilines is 2. The first-order valence-electron chi connectivity index (χ1n) is 10.3. The highest BCUT2D eigenvalue weighted by molar-refractivity contribution is 6.52. The first kappa shape index (κ1) is 20.5. The van der Waals surface area contributed by atoms with Gasteiger partial charge in [-0.1, -0.05) is 13.8 Å². The number of amides is 1. The number of nitrogens with two attached hydrogens (primary N) is 1. The van der Waals surface area contributed by atoms with Gasteiger partial charge in [0, 0.05) is 24.1 Å². The fourth-order valence-electron chi connectivity index (χ4n) is 4.07. The number of aromatic nitrogens is 2. The topological polar surface area (TPSA) is 112 Å². The summed E-state index contributed by atoms with van der Waals surface area (Å²) in [5.74, 6) is 2.41. The van der Waals surface area contributed by atoms with Crippen LogP contribution in [0, 0.1) is 5.92 Å². The lowest BCUT2D eigenvalue weighted by atomic mass is 9.78. The van der Waals surface area contributed by atoms with Gasteiger partial charge in [0.1, 0.15) is 11.3 Å². The Morgan fingerprint density at radius 3 is 2.93 bits per heavy atom. The first-order valence-corrected chi connectivity index (χ1v) is 10.3. The zero-order valence-corrected chi connectivity index (χ0v) is 17.5. The molecular formula is C21H27BN4O4. The molecule has 4 rings (SSSR count). The Kier molecular flexibility index (Phi) is 5.57. The van der Waals surface area contributed by atoms with Crippen molar-refractivity contribution in [2.75, 3.05) is 11.9 Å². The van der Waals surface area contributed by atoms with E-state index in [4.69, 9.17) is 15.1 Å². The number of nitrogens with zero attached hydrogens (tertiary/aromatic N) is 2. The summed E-state index contributed by atoms with van der Waals surface area (Å²) >= 11 is 0. The number of benzene rings is 1. The third-order valence-corrected chi connectivity index (χ3v) is 5.65. The number of hydrogen-bond donors (Lipinski definition) is 3. The second kappa shape index (κ2) is 8.16. The van der Waals surface area contributed by atoms with Crippen LogP contribution in [0.2, 0.25) is 0 Å². The summed E-state index contributed by atoms with van der Waals surface area (Å²) in [4.78, 5) is 12.0. The molecule has 0 aliphatic carbocycles. The molecule has 0 saturated carbocycles. The second-order valence-corrected chi connectivity index (χ2v) is 8.14. The third kappa shape index (κ3) is 3.95. The lowest BCUT2D eigenvalue weighted by molar-refractivity contribution is -0.0126. The first-order chi connectivity index (χ1) is 14.3. The lowest BCUT2D eigenvalue weighted by Gasteiger charge is -2.29. The summed E-state index contributed by atoms with van der Waals surface area (Å²) in [6.07, 6.45) is 3.59. The Bertz CT molecular complexity index is 987. The Morgan fingerprint density at radius 1 is 1.43 bits per heavy atom. The number of primary amides is 1. The zero-order valence-electron chi connectivity index (χ0n) is 17.5. The highest BCUT2D eigenvalue weighted by Crippen LogP contribution is 2.37. The van der Waals surface area contributed by atoms with Crippen LogP contribution >= 0.6 is 0 Å². The van der Waals surface area contributed by atoms with E-state index >= 15 is 0 Å². The average Bonchev–Trinajstić information content (AvgIpc) is 3.11. The van der Waals surface area contributed by atoms with Crippen molar-refractivity contribution < 1.29 is 19.2 Å². The van der Waals surface area contributed by atoms with Gasteiger partial charge in [0.25, 0.3) is 5.91 Å². The second-order valence-electron chi connectivity index (χ2n) is 8.14. The minimum absolute atomic E-state index is 0.0123. The molecule has 2 atom stereocenters. The van der Waals surface area contributed by atoms with E-state index in [9.17, 15) is 9.82 Å². The quantitative estimate of drug-likeness (QED) is 0.654. The van der Waals surface area contributed by atoms with Crippen LogP contribution < -0.4 is 15.7 Å². The molecule has 1 aromatic carbocycles. The number of nitrogens with one attached hydrogen (secondary N) is 1. The minimum Gasteiger partial charge on any atom is -0.532 e. The van der Waals surface area contributed by atoms with Crippen molar-refractivity contribution in [2.45, 2.75) is 45.8 Å². The number of carbonyl (C=O) groups excluding carboxylic acids is 1. The maximum atomic E-state index is 12.0. The molecule has 0 spiro atoms. The Hall–Kier alpha value is -2.78. The molecule has 1 unspecified atom stereocenters. The number of carbonyl (C=O) groups is 1. The van der Waals surface area contributed by atoms with Gasteiger partial charge in [-0.2, -0.15) is 5.10 Å². The van der Waals surface area contributed by atoms with Gasteiger partial charge in [-0.15, -0.1) is 0 Å². The van der Waals surface area contributed by atoms with E-state index in [1.165, 1.54) is 0 Å². The lowest BCUT2D eigenvalue weighted by Crippen LogP contribution is -2.29. The molecule has 1 aromatic heterocycles. The minimum atomic E-state index is -0.953. The van der Waals surface area contributed by atoms with Crippen LogP contribution in [0.3, 0.4) is 0 Å². The Morgan fingerprint density at radius 2 is 2.23 bits per heavy atom. The molecule has 9 heteroatoms. The molecule has 4 N–H and O–H groups in total. The average molecular weight is 410 g/mol. The molecule has 0 bridgehead atoms. The summed E-state index contributed by atoms with van der Waals surface area (Å²) < 4.78 is 13.0. The van der Waals surface area contributed by atoms with Crippen LogP contribution in [0.25, 0.3) is 5.57 Å². The monoisotopic (exact) mass is 410 g/mol. The van der Waals surface area contributed by atoms with Crippen molar-refractivity contribution in [3.05, 3.63) is 41.5 Å². The smallest absolute Gasteiger partial charge is 0.532 e. The van der Waals surface area contributed by atoms with Crippen LogP contribution in [0.5, 0.6) is 5.75 Å². The highest BCUT2D eigenvalue weighted by Gasteiger charge is 2.28. The summed E-state index contributed by atoms with van der Waals surface area (Å²) in [6, 6.07) is 5.61. The van der Waals surface area contributed by atoms with Gasteiger partial charge in [0.05, 0.1) is 12.1 Å². The number of allylic oxidation sites excluding steroid dienone is 1.